The second-order valence-electron chi connectivity index (χ2n) is 9.64. The van der Waals surface area contributed by atoms with Gasteiger partial charge in [-0.3, -0.25) is 13.9 Å². The summed E-state index contributed by atoms with van der Waals surface area (Å²) in [5, 5.41) is 4.31. The average molecular weight is 542 g/mol. The normalized spacial score (nSPS) is 14.2. The summed E-state index contributed by atoms with van der Waals surface area (Å²) in [6.45, 7) is 0.446. The van der Waals surface area contributed by atoms with E-state index < -0.39 is 16.1 Å². The molecule has 0 unspecified atom stereocenters. The highest BCUT2D eigenvalue weighted by atomic mass is 32.2. The van der Waals surface area contributed by atoms with Crippen molar-refractivity contribution in [2.75, 3.05) is 17.9 Å². The van der Waals surface area contributed by atoms with Crippen molar-refractivity contribution in [1.82, 2.24) is 10.2 Å². The number of hydrogen-bond acceptors (Lipinski definition) is 4. The molecule has 0 aliphatic carbocycles. The van der Waals surface area contributed by atoms with Gasteiger partial charge in [0.1, 0.15) is 6.04 Å². The molecule has 39 heavy (non-hydrogen) atoms. The van der Waals surface area contributed by atoms with Crippen LogP contribution >= 0.6 is 0 Å². The standard InChI is InChI=1S/C31H31N3O4S/c1-32-31(36)27(21-23-11-4-2-5-12-23)33(22-24-13-6-3-7-14-24)29(35)19-10-20-34-26-17-8-15-25-16-9-18-28(30(25)26)39(34,37)38/h2-9,11-18,27H,10,19-22H2,1H3,(H,32,36)/t27-/m1/s1. The molecule has 200 valence electrons. The number of sulfonamides is 1. The Bertz CT molecular complexity index is 1590. The van der Waals surface area contributed by atoms with Crippen molar-refractivity contribution in [2.45, 2.75) is 36.7 Å². The summed E-state index contributed by atoms with van der Waals surface area (Å²) >= 11 is 0. The second kappa shape index (κ2) is 11.3. The van der Waals surface area contributed by atoms with Crippen LogP contribution in [0.5, 0.6) is 0 Å². The van der Waals surface area contributed by atoms with Gasteiger partial charge in [0, 0.05) is 38.4 Å². The van der Waals surface area contributed by atoms with E-state index in [-0.39, 0.29) is 31.3 Å². The Morgan fingerprint density at radius 1 is 0.846 bits per heavy atom. The minimum Gasteiger partial charge on any atom is -0.357 e. The summed E-state index contributed by atoms with van der Waals surface area (Å²) < 4.78 is 28.1. The van der Waals surface area contributed by atoms with E-state index in [4.69, 9.17) is 0 Å². The van der Waals surface area contributed by atoms with E-state index in [0.29, 0.717) is 23.4 Å². The quantitative estimate of drug-likeness (QED) is 0.320. The van der Waals surface area contributed by atoms with Gasteiger partial charge in [-0.2, -0.15) is 0 Å². The van der Waals surface area contributed by atoms with Crippen LogP contribution in [0.3, 0.4) is 0 Å². The topological polar surface area (TPSA) is 86.8 Å². The highest BCUT2D eigenvalue weighted by Gasteiger charge is 2.35. The van der Waals surface area contributed by atoms with Gasteiger partial charge >= 0.3 is 0 Å². The molecule has 0 saturated heterocycles. The van der Waals surface area contributed by atoms with Gasteiger partial charge in [-0.25, -0.2) is 8.42 Å². The lowest BCUT2D eigenvalue weighted by Crippen LogP contribution is -2.49. The molecule has 4 aromatic carbocycles. The molecule has 5 rings (SSSR count). The molecule has 0 spiro atoms. The first-order valence-electron chi connectivity index (χ1n) is 13.0. The van der Waals surface area contributed by atoms with Crippen LogP contribution in [-0.4, -0.2) is 44.8 Å². The highest BCUT2D eigenvalue weighted by molar-refractivity contribution is 7.93. The minimum absolute atomic E-state index is 0.105. The third-order valence-electron chi connectivity index (χ3n) is 7.15. The first kappa shape index (κ1) is 26.4. The number of nitrogens with zero attached hydrogens (tertiary/aromatic N) is 2. The lowest BCUT2D eigenvalue weighted by atomic mass is 10.0. The fourth-order valence-corrected chi connectivity index (χ4v) is 6.97. The molecule has 1 atom stereocenters. The maximum absolute atomic E-state index is 13.7. The van der Waals surface area contributed by atoms with E-state index in [9.17, 15) is 18.0 Å². The van der Waals surface area contributed by atoms with Gasteiger partial charge in [0.25, 0.3) is 10.0 Å². The molecular formula is C31H31N3O4S. The Morgan fingerprint density at radius 2 is 1.49 bits per heavy atom. The molecule has 0 saturated carbocycles. The lowest BCUT2D eigenvalue weighted by Gasteiger charge is -2.31. The fraction of sp³-hybridized carbons (Fsp3) is 0.226. The molecule has 0 radical (unpaired) electrons. The Morgan fingerprint density at radius 3 is 2.15 bits per heavy atom. The highest BCUT2D eigenvalue weighted by Crippen LogP contribution is 2.42. The van der Waals surface area contributed by atoms with Crippen molar-refractivity contribution in [3.8, 4) is 0 Å². The second-order valence-corrected chi connectivity index (χ2v) is 11.5. The van der Waals surface area contributed by atoms with Crippen LogP contribution in [0.1, 0.15) is 24.0 Å². The summed E-state index contributed by atoms with van der Waals surface area (Å²) in [7, 11) is -2.12. The third kappa shape index (κ3) is 5.38. The number of amides is 2. The monoisotopic (exact) mass is 541 g/mol. The zero-order valence-corrected chi connectivity index (χ0v) is 22.6. The molecule has 8 heteroatoms. The molecule has 7 nitrogen and oxygen atoms in total. The molecule has 1 aliphatic rings. The van der Waals surface area contributed by atoms with Crippen molar-refractivity contribution >= 4 is 38.3 Å². The van der Waals surface area contributed by atoms with E-state index in [1.165, 1.54) is 4.31 Å². The van der Waals surface area contributed by atoms with Gasteiger partial charge in [-0.05, 0) is 35.1 Å². The van der Waals surface area contributed by atoms with E-state index >= 15 is 0 Å². The SMILES string of the molecule is CNC(=O)[C@@H](Cc1ccccc1)N(Cc1ccccc1)C(=O)CCCN1c2cccc3cccc(c23)S1(=O)=O. The summed E-state index contributed by atoms with van der Waals surface area (Å²) in [6, 6.07) is 29.3. The number of likely N-dealkylation sites (N-methyl/N-ethyl adjacent to an activating group) is 1. The first-order chi connectivity index (χ1) is 18.9. The number of anilines is 1. The van der Waals surface area contributed by atoms with Gasteiger partial charge in [-0.15, -0.1) is 0 Å². The average Bonchev–Trinajstić information content (AvgIpc) is 3.18. The smallest absolute Gasteiger partial charge is 0.265 e. The van der Waals surface area contributed by atoms with Crippen LogP contribution in [0.2, 0.25) is 0 Å². The van der Waals surface area contributed by atoms with Crippen LogP contribution in [0, 0.1) is 0 Å². The summed E-state index contributed by atoms with van der Waals surface area (Å²) in [4.78, 5) is 28.7. The largest absolute Gasteiger partial charge is 0.357 e. The van der Waals surface area contributed by atoms with Gasteiger partial charge in [0.15, 0.2) is 0 Å². The van der Waals surface area contributed by atoms with E-state index in [0.717, 1.165) is 21.9 Å². The zero-order chi connectivity index (χ0) is 27.4. The van der Waals surface area contributed by atoms with E-state index in [1.807, 2.05) is 78.9 Å². The maximum atomic E-state index is 13.7. The van der Waals surface area contributed by atoms with E-state index in [2.05, 4.69) is 5.32 Å². The van der Waals surface area contributed by atoms with Crippen molar-refractivity contribution in [1.29, 1.82) is 0 Å². The number of carbonyl (C=O) groups is 2. The van der Waals surface area contributed by atoms with Gasteiger partial charge in [-0.1, -0.05) is 84.9 Å². The number of nitrogens with one attached hydrogen (secondary N) is 1. The Kier molecular flexibility index (Phi) is 7.65. The van der Waals surface area contributed by atoms with Gasteiger partial charge in [0.2, 0.25) is 11.8 Å². The van der Waals surface area contributed by atoms with Crippen molar-refractivity contribution < 1.29 is 18.0 Å². The Balaban J connectivity index is 1.37. The van der Waals surface area contributed by atoms with Crippen LogP contribution < -0.4 is 9.62 Å². The number of benzene rings is 4. The molecule has 0 bridgehead atoms. The van der Waals surface area contributed by atoms with E-state index in [1.54, 1.807) is 30.1 Å². The Hall–Kier alpha value is -4.17. The molecule has 1 N–H and O–H groups in total. The van der Waals surface area contributed by atoms with Crippen molar-refractivity contribution in [3.63, 3.8) is 0 Å². The fourth-order valence-electron chi connectivity index (χ4n) is 5.22. The molecule has 2 amide bonds. The lowest BCUT2D eigenvalue weighted by molar-refractivity contribution is -0.141. The molecule has 1 heterocycles. The molecule has 0 aromatic heterocycles. The van der Waals surface area contributed by atoms with Gasteiger partial charge in [0.05, 0.1) is 10.6 Å². The predicted octanol–water partition coefficient (Wildman–Crippen LogP) is 4.51. The maximum Gasteiger partial charge on any atom is 0.265 e. The van der Waals surface area contributed by atoms with Crippen LogP contribution in [0.4, 0.5) is 5.69 Å². The first-order valence-corrected chi connectivity index (χ1v) is 14.5. The molecular weight excluding hydrogens is 510 g/mol. The summed E-state index contributed by atoms with van der Waals surface area (Å²) in [6.07, 6.45) is 0.796. The molecule has 0 fully saturated rings. The molecule has 1 aliphatic heterocycles. The zero-order valence-electron chi connectivity index (χ0n) is 21.8. The van der Waals surface area contributed by atoms with Crippen LogP contribution in [0.15, 0.2) is 102 Å². The number of rotatable bonds is 10. The third-order valence-corrected chi connectivity index (χ3v) is 9.00. The van der Waals surface area contributed by atoms with Crippen LogP contribution in [0.25, 0.3) is 10.8 Å². The number of carbonyl (C=O) groups excluding carboxylic acids is 2. The number of hydrogen-bond donors (Lipinski definition) is 1. The van der Waals surface area contributed by atoms with Crippen molar-refractivity contribution in [3.05, 3.63) is 108 Å². The minimum atomic E-state index is -3.70. The van der Waals surface area contributed by atoms with Gasteiger partial charge < -0.3 is 10.2 Å². The summed E-state index contributed by atoms with van der Waals surface area (Å²) in [5.41, 5.74) is 2.51. The molecule has 4 aromatic rings. The van der Waals surface area contributed by atoms with Crippen molar-refractivity contribution in [2.24, 2.45) is 0 Å². The van der Waals surface area contributed by atoms with Crippen LogP contribution in [-0.2, 0) is 32.6 Å². The predicted molar refractivity (Wildman–Crippen MR) is 153 cm³/mol. The Labute approximate surface area is 229 Å². The summed E-state index contributed by atoms with van der Waals surface area (Å²) in [5.74, 6) is -0.442.